The van der Waals surface area contributed by atoms with E-state index in [1.165, 1.54) is 28.1 Å². The molecule has 4 rings (SSSR count). The van der Waals surface area contributed by atoms with Crippen molar-refractivity contribution < 1.29 is 17.6 Å². The number of benzene rings is 2. The van der Waals surface area contributed by atoms with Crippen molar-refractivity contribution in [1.29, 1.82) is 0 Å². The third-order valence-corrected chi connectivity index (χ3v) is 8.00. The Morgan fingerprint density at radius 1 is 1.06 bits per heavy atom. The summed E-state index contributed by atoms with van der Waals surface area (Å²) in [5, 5.41) is 10.0. The summed E-state index contributed by atoms with van der Waals surface area (Å²) in [5.74, 6) is -1.13. The zero-order valence-corrected chi connectivity index (χ0v) is 18.3. The molecule has 1 aromatic heterocycles. The molecule has 1 saturated heterocycles. The molecule has 0 unspecified atom stereocenters. The number of hydrogen-bond acceptors (Lipinski definition) is 7. The van der Waals surface area contributed by atoms with E-state index in [1.54, 1.807) is 0 Å². The molecular weight excluding hydrogens is 441 g/mol. The van der Waals surface area contributed by atoms with E-state index >= 15 is 0 Å². The fourth-order valence-corrected chi connectivity index (χ4v) is 5.67. The van der Waals surface area contributed by atoms with Crippen molar-refractivity contribution in [3.8, 4) is 0 Å². The summed E-state index contributed by atoms with van der Waals surface area (Å²) in [7, 11) is -3.82. The lowest BCUT2D eigenvalue weighted by Crippen LogP contribution is -2.48. The van der Waals surface area contributed by atoms with Crippen molar-refractivity contribution in [3.63, 3.8) is 0 Å². The van der Waals surface area contributed by atoms with Crippen LogP contribution in [0.15, 0.2) is 52.9 Å². The van der Waals surface area contributed by atoms with Crippen LogP contribution in [0.3, 0.4) is 0 Å². The normalized spacial score (nSPS) is 15.1. The number of sulfonamides is 1. The van der Waals surface area contributed by atoms with Crippen LogP contribution < -0.4 is 10.2 Å². The molecule has 2 aromatic carbocycles. The standard InChI is InChI=1S/C20H20FN5O3S2/c1-14-5-7-17(8-6-14)25-9-11-26(12-10-25)31(28,29)20-24-23-19(30-20)22-18(27)15-3-2-4-16(21)13-15/h2-8,13H,9-12H2,1H3,(H,22,23,27). The molecule has 1 amide bonds. The topological polar surface area (TPSA) is 95.5 Å². The minimum atomic E-state index is -3.82. The van der Waals surface area contributed by atoms with Crippen LogP contribution in [-0.4, -0.2) is 55.0 Å². The Bertz CT molecular complexity index is 1190. The number of hydrogen-bond donors (Lipinski definition) is 1. The fraction of sp³-hybridized carbons (Fsp3) is 0.250. The third kappa shape index (κ3) is 4.73. The number of anilines is 2. The van der Waals surface area contributed by atoms with Gasteiger partial charge in [-0.1, -0.05) is 35.1 Å². The van der Waals surface area contributed by atoms with Gasteiger partial charge in [-0.3, -0.25) is 10.1 Å². The maximum Gasteiger partial charge on any atom is 0.272 e. The average Bonchev–Trinajstić information content (AvgIpc) is 3.24. The second kappa shape index (κ2) is 8.69. The second-order valence-electron chi connectivity index (χ2n) is 7.06. The van der Waals surface area contributed by atoms with Crippen LogP contribution in [0.1, 0.15) is 15.9 Å². The molecule has 1 N–H and O–H groups in total. The fourth-order valence-electron chi connectivity index (χ4n) is 3.22. The molecule has 0 aliphatic carbocycles. The number of rotatable bonds is 5. The molecule has 11 heteroatoms. The molecular formula is C20H20FN5O3S2. The molecule has 1 fully saturated rings. The first kappa shape index (κ1) is 21.3. The number of nitrogens with one attached hydrogen (secondary N) is 1. The minimum Gasteiger partial charge on any atom is -0.369 e. The number of piperazine rings is 1. The van der Waals surface area contributed by atoms with Gasteiger partial charge in [0.25, 0.3) is 15.9 Å². The van der Waals surface area contributed by atoms with Crippen molar-refractivity contribution in [1.82, 2.24) is 14.5 Å². The summed E-state index contributed by atoms with van der Waals surface area (Å²) in [6.07, 6.45) is 0. The Morgan fingerprint density at radius 3 is 2.45 bits per heavy atom. The molecule has 8 nitrogen and oxygen atoms in total. The van der Waals surface area contributed by atoms with Crippen LogP contribution in [0.25, 0.3) is 0 Å². The molecule has 1 aliphatic heterocycles. The number of amides is 1. The van der Waals surface area contributed by atoms with E-state index in [0.29, 0.717) is 26.2 Å². The van der Waals surface area contributed by atoms with Gasteiger partial charge in [0, 0.05) is 37.4 Å². The molecule has 0 radical (unpaired) electrons. The number of aromatic nitrogens is 2. The van der Waals surface area contributed by atoms with Crippen LogP contribution in [0.2, 0.25) is 0 Å². The van der Waals surface area contributed by atoms with E-state index in [4.69, 9.17) is 0 Å². The lowest BCUT2D eigenvalue weighted by molar-refractivity contribution is 0.102. The first-order valence-corrected chi connectivity index (χ1v) is 11.8. The first-order valence-electron chi connectivity index (χ1n) is 9.55. The molecule has 0 spiro atoms. The monoisotopic (exact) mass is 461 g/mol. The SMILES string of the molecule is Cc1ccc(N2CCN(S(=O)(=O)c3nnc(NC(=O)c4cccc(F)c4)s3)CC2)cc1. The summed E-state index contributed by atoms with van der Waals surface area (Å²) in [6.45, 7) is 3.78. The number of aryl methyl sites for hydroxylation is 1. The number of carbonyl (C=O) groups is 1. The Kier molecular flexibility index (Phi) is 5.99. The highest BCUT2D eigenvalue weighted by atomic mass is 32.2. The lowest BCUT2D eigenvalue weighted by atomic mass is 10.2. The molecule has 1 aliphatic rings. The lowest BCUT2D eigenvalue weighted by Gasteiger charge is -2.34. The molecule has 0 bridgehead atoms. The van der Waals surface area contributed by atoms with Crippen LogP contribution in [0.4, 0.5) is 15.2 Å². The summed E-state index contributed by atoms with van der Waals surface area (Å²) >= 11 is 0.768. The van der Waals surface area contributed by atoms with E-state index in [0.717, 1.165) is 23.1 Å². The van der Waals surface area contributed by atoms with Crippen molar-refractivity contribution in [2.75, 3.05) is 36.4 Å². The highest BCUT2D eigenvalue weighted by Crippen LogP contribution is 2.26. The van der Waals surface area contributed by atoms with E-state index in [1.807, 2.05) is 31.2 Å². The van der Waals surface area contributed by atoms with E-state index in [9.17, 15) is 17.6 Å². The highest BCUT2D eigenvalue weighted by Gasteiger charge is 2.32. The zero-order chi connectivity index (χ0) is 22.0. The van der Waals surface area contributed by atoms with Gasteiger partial charge in [-0.05, 0) is 37.3 Å². The van der Waals surface area contributed by atoms with Gasteiger partial charge >= 0.3 is 0 Å². The van der Waals surface area contributed by atoms with Gasteiger partial charge in [0.05, 0.1) is 0 Å². The molecule has 3 aromatic rings. The number of nitrogens with zero attached hydrogens (tertiary/aromatic N) is 4. The maximum atomic E-state index is 13.3. The molecule has 31 heavy (non-hydrogen) atoms. The Labute approximate surface area is 183 Å². The number of halogens is 1. The Hall–Kier alpha value is -2.89. The third-order valence-electron chi connectivity index (χ3n) is 4.91. The largest absolute Gasteiger partial charge is 0.369 e. The smallest absolute Gasteiger partial charge is 0.272 e. The molecule has 2 heterocycles. The Morgan fingerprint density at radius 2 is 1.77 bits per heavy atom. The first-order chi connectivity index (χ1) is 14.8. The highest BCUT2D eigenvalue weighted by molar-refractivity contribution is 7.91. The predicted molar refractivity (Wildman–Crippen MR) is 116 cm³/mol. The zero-order valence-electron chi connectivity index (χ0n) is 16.7. The van der Waals surface area contributed by atoms with Crippen LogP contribution in [0.5, 0.6) is 0 Å². The van der Waals surface area contributed by atoms with Gasteiger partial charge in [0.1, 0.15) is 5.82 Å². The second-order valence-corrected chi connectivity index (χ2v) is 10.2. The number of carbonyl (C=O) groups excluding carboxylic acids is 1. The van der Waals surface area contributed by atoms with Crippen molar-refractivity contribution in [3.05, 3.63) is 65.5 Å². The van der Waals surface area contributed by atoms with Crippen molar-refractivity contribution >= 4 is 38.1 Å². The van der Waals surface area contributed by atoms with Crippen LogP contribution in [-0.2, 0) is 10.0 Å². The van der Waals surface area contributed by atoms with Gasteiger partial charge in [-0.15, -0.1) is 10.2 Å². The average molecular weight is 462 g/mol. The van der Waals surface area contributed by atoms with Gasteiger partial charge in [-0.25, -0.2) is 12.8 Å². The van der Waals surface area contributed by atoms with Crippen molar-refractivity contribution in [2.24, 2.45) is 0 Å². The predicted octanol–water partition coefficient (Wildman–Crippen LogP) is 2.75. The molecule has 0 saturated carbocycles. The summed E-state index contributed by atoms with van der Waals surface area (Å²) in [5.41, 5.74) is 2.33. The maximum absolute atomic E-state index is 13.3. The quantitative estimate of drug-likeness (QED) is 0.587. The summed E-state index contributed by atoms with van der Waals surface area (Å²) < 4.78 is 40.4. The van der Waals surface area contributed by atoms with Crippen LogP contribution in [0, 0.1) is 12.7 Å². The minimum absolute atomic E-state index is 0.0335. The molecule has 162 valence electrons. The summed E-state index contributed by atoms with van der Waals surface area (Å²) in [4.78, 5) is 14.3. The Balaban J connectivity index is 1.41. The van der Waals surface area contributed by atoms with Gasteiger partial charge in [-0.2, -0.15) is 4.31 Å². The molecule has 0 atom stereocenters. The van der Waals surface area contributed by atoms with Crippen molar-refractivity contribution in [2.45, 2.75) is 11.3 Å². The van der Waals surface area contributed by atoms with Gasteiger partial charge in [0.2, 0.25) is 9.47 Å². The summed E-state index contributed by atoms with van der Waals surface area (Å²) in [6, 6.07) is 13.3. The van der Waals surface area contributed by atoms with Gasteiger partial charge in [0.15, 0.2) is 0 Å². The van der Waals surface area contributed by atoms with Crippen LogP contribution >= 0.6 is 11.3 Å². The van der Waals surface area contributed by atoms with E-state index in [-0.39, 0.29) is 15.0 Å². The van der Waals surface area contributed by atoms with E-state index in [2.05, 4.69) is 20.4 Å². The van der Waals surface area contributed by atoms with Gasteiger partial charge < -0.3 is 4.90 Å². The van der Waals surface area contributed by atoms with E-state index < -0.39 is 21.7 Å².